The highest BCUT2D eigenvalue weighted by Crippen LogP contribution is 2.35. The molecule has 0 heterocycles. The Morgan fingerprint density at radius 2 is 1.48 bits per heavy atom. The van der Waals surface area contributed by atoms with E-state index in [1.165, 1.54) is 16.7 Å². The number of carbonyl (C=O) groups is 1. The molecule has 3 aromatic carbocycles. The quantitative estimate of drug-likeness (QED) is 0.525. The summed E-state index contributed by atoms with van der Waals surface area (Å²) in [5, 5.41) is 2.11. The molecule has 0 saturated carbocycles. The number of rotatable bonds is 3. The highest BCUT2D eigenvalue weighted by atomic mass is 16.1. The second-order valence-corrected chi connectivity index (χ2v) is 6.60. The minimum Gasteiger partial charge on any atom is -0.289 e. The molecule has 4 rings (SSSR count). The lowest BCUT2D eigenvalue weighted by molar-refractivity contribution is 0.104. The fourth-order valence-electron chi connectivity index (χ4n) is 3.62. The van der Waals surface area contributed by atoms with E-state index in [4.69, 9.17) is 0 Å². The van der Waals surface area contributed by atoms with Gasteiger partial charge in [0.2, 0.25) is 0 Å². The highest BCUT2D eigenvalue weighted by Gasteiger charge is 2.20. The molecule has 0 aliphatic heterocycles. The van der Waals surface area contributed by atoms with E-state index in [2.05, 4.69) is 38.1 Å². The number of benzene rings is 3. The van der Waals surface area contributed by atoms with Crippen molar-refractivity contribution in [2.75, 3.05) is 0 Å². The number of ketones is 1. The SMILES string of the molecule is CC1=CCC(c2ccccc2C(=O)c2cccc3ccccc23)=C1C. The summed E-state index contributed by atoms with van der Waals surface area (Å²) >= 11 is 0. The summed E-state index contributed by atoms with van der Waals surface area (Å²) in [4.78, 5) is 13.4. The van der Waals surface area contributed by atoms with Crippen molar-refractivity contribution < 1.29 is 4.79 Å². The summed E-state index contributed by atoms with van der Waals surface area (Å²) in [6.07, 6.45) is 3.14. The van der Waals surface area contributed by atoms with Crippen LogP contribution in [0.3, 0.4) is 0 Å². The molecule has 0 fully saturated rings. The first-order valence-electron chi connectivity index (χ1n) is 8.65. The number of carbonyl (C=O) groups excluding carboxylic acids is 1. The molecule has 0 N–H and O–H groups in total. The smallest absolute Gasteiger partial charge is 0.194 e. The maximum Gasteiger partial charge on any atom is 0.194 e. The van der Waals surface area contributed by atoms with E-state index in [9.17, 15) is 4.79 Å². The van der Waals surface area contributed by atoms with E-state index in [1.54, 1.807) is 0 Å². The monoisotopic (exact) mass is 324 g/mol. The van der Waals surface area contributed by atoms with Crippen LogP contribution in [-0.4, -0.2) is 5.78 Å². The van der Waals surface area contributed by atoms with E-state index in [1.807, 2.05) is 48.5 Å². The average molecular weight is 324 g/mol. The van der Waals surface area contributed by atoms with Crippen LogP contribution in [0.4, 0.5) is 0 Å². The third kappa shape index (κ3) is 2.62. The molecule has 0 amide bonds. The molecule has 0 unspecified atom stereocenters. The van der Waals surface area contributed by atoms with Gasteiger partial charge in [-0.2, -0.15) is 0 Å². The van der Waals surface area contributed by atoms with Crippen LogP contribution in [-0.2, 0) is 0 Å². The molecule has 0 radical (unpaired) electrons. The van der Waals surface area contributed by atoms with Crippen LogP contribution in [0, 0.1) is 0 Å². The second-order valence-electron chi connectivity index (χ2n) is 6.60. The van der Waals surface area contributed by atoms with Gasteiger partial charge in [-0.1, -0.05) is 78.4 Å². The predicted octanol–water partition coefficient (Wildman–Crippen LogP) is 6.19. The third-order valence-corrected chi connectivity index (χ3v) is 5.19. The molecule has 1 aliphatic rings. The molecule has 3 aromatic rings. The Balaban J connectivity index is 1.87. The molecule has 0 atom stereocenters. The highest BCUT2D eigenvalue weighted by molar-refractivity contribution is 6.18. The van der Waals surface area contributed by atoms with E-state index in [0.29, 0.717) is 0 Å². The van der Waals surface area contributed by atoms with Crippen LogP contribution in [0.2, 0.25) is 0 Å². The Kier molecular flexibility index (Phi) is 3.85. The molecule has 1 aliphatic carbocycles. The van der Waals surface area contributed by atoms with Gasteiger partial charge in [0.05, 0.1) is 0 Å². The first-order chi connectivity index (χ1) is 12.2. The summed E-state index contributed by atoms with van der Waals surface area (Å²) in [5.74, 6) is 0.0947. The lowest BCUT2D eigenvalue weighted by Crippen LogP contribution is -2.06. The van der Waals surface area contributed by atoms with Gasteiger partial charge in [-0.25, -0.2) is 0 Å². The summed E-state index contributed by atoms with van der Waals surface area (Å²) in [7, 11) is 0. The Hall–Kier alpha value is -2.93. The normalized spacial score (nSPS) is 14.1. The molecule has 1 nitrogen and oxygen atoms in total. The summed E-state index contributed by atoms with van der Waals surface area (Å²) < 4.78 is 0. The molecule has 0 aromatic heterocycles. The van der Waals surface area contributed by atoms with Crippen LogP contribution in [0.25, 0.3) is 16.3 Å². The van der Waals surface area contributed by atoms with Crippen LogP contribution in [0.5, 0.6) is 0 Å². The number of hydrogen-bond donors (Lipinski definition) is 0. The van der Waals surface area contributed by atoms with Gasteiger partial charge in [0.15, 0.2) is 5.78 Å². The van der Waals surface area contributed by atoms with E-state index in [0.717, 1.165) is 33.9 Å². The molecule has 0 spiro atoms. The Morgan fingerprint density at radius 3 is 2.28 bits per heavy atom. The minimum atomic E-state index is 0.0947. The van der Waals surface area contributed by atoms with Crippen molar-refractivity contribution in [2.24, 2.45) is 0 Å². The van der Waals surface area contributed by atoms with Gasteiger partial charge in [-0.3, -0.25) is 4.79 Å². The van der Waals surface area contributed by atoms with E-state index >= 15 is 0 Å². The van der Waals surface area contributed by atoms with Gasteiger partial charge >= 0.3 is 0 Å². The maximum atomic E-state index is 13.4. The second kappa shape index (κ2) is 6.18. The molecule has 1 heteroatoms. The fraction of sp³-hybridized carbons (Fsp3) is 0.125. The molecule has 122 valence electrons. The zero-order valence-electron chi connectivity index (χ0n) is 14.5. The van der Waals surface area contributed by atoms with Crippen molar-refractivity contribution in [1.82, 2.24) is 0 Å². The zero-order chi connectivity index (χ0) is 17.4. The van der Waals surface area contributed by atoms with E-state index in [-0.39, 0.29) is 5.78 Å². The largest absolute Gasteiger partial charge is 0.289 e. The topological polar surface area (TPSA) is 17.1 Å². The number of allylic oxidation sites excluding steroid dienone is 4. The van der Waals surface area contributed by atoms with Gasteiger partial charge in [0.1, 0.15) is 0 Å². The van der Waals surface area contributed by atoms with Crippen molar-refractivity contribution in [1.29, 1.82) is 0 Å². The van der Waals surface area contributed by atoms with Crippen molar-refractivity contribution in [2.45, 2.75) is 20.3 Å². The average Bonchev–Trinajstić information content (AvgIpc) is 2.99. The van der Waals surface area contributed by atoms with Crippen molar-refractivity contribution >= 4 is 22.1 Å². The summed E-state index contributed by atoms with van der Waals surface area (Å²) in [5.41, 5.74) is 6.48. The first-order valence-corrected chi connectivity index (χ1v) is 8.65. The van der Waals surface area contributed by atoms with Crippen molar-refractivity contribution in [3.05, 3.63) is 101 Å². The molecular formula is C24H20O. The van der Waals surface area contributed by atoms with Crippen LogP contribution >= 0.6 is 0 Å². The standard InChI is InChI=1S/C24H20O/c1-16-14-15-19(17(16)2)21-11-5-6-12-23(21)24(25)22-13-7-9-18-8-3-4-10-20(18)22/h3-14H,15H2,1-2H3. The van der Waals surface area contributed by atoms with E-state index < -0.39 is 0 Å². The minimum absolute atomic E-state index is 0.0947. The zero-order valence-corrected chi connectivity index (χ0v) is 14.5. The fourth-order valence-corrected chi connectivity index (χ4v) is 3.62. The number of fused-ring (bicyclic) bond motifs is 1. The predicted molar refractivity (Wildman–Crippen MR) is 105 cm³/mol. The van der Waals surface area contributed by atoms with Crippen LogP contribution in [0.1, 0.15) is 41.8 Å². The van der Waals surface area contributed by atoms with Crippen molar-refractivity contribution in [3.63, 3.8) is 0 Å². The van der Waals surface area contributed by atoms with Gasteiger partial charge in [0, 0.05) is 11.1 Å². The van der Waals surface area contributed by atoms with Gasteiger partial charge < -0.3 is 0 Å². The van der Waals surface area contributed by atoms with Crippen LogP contribution < -0.4 is 0 Å². The summed E-state index contributed by atoms with van der Waals surface area (Å²) in [6.45, 7) is 4.28. The lowest BCUT2D eigenvalue weighted by atomic mass is 9.90. The lowest BCUT2D eigenvalue weighted by Gasteiger charge is -2.13. The van der Waals surface area contributed by atoms with Crippen LogP contribution in [0.15, 0.2) is 84.0 Å². The number of hydrogen-bond acceptors (Lipinski definition) is 1. The van der Waals surface area contributed by atoms with Gasteiger partial charge in [0.25, 0.3) is 0 Å². The molecule has 0 bridgehead atoms. The molecule has 25 heavy (non-hydrogen) atoms. The Morgan fingerprint density at radius 1 is 0.800 bits per heavy atom. The van der Waals surface area contributed by atoms with Gasteiger partial charge in [-0.15, -0.1) is 0 Å². The van der Waals surface area contributed by atoms with Crippen molar-refractivity contribution in [3.8, 4) is 0 Å². The Labute approximate surface area is 148 Å². The maximum absolute atomic E-state index is 13.4. The summed E-state index contributed by atoms with van der Waals surface area (Å²) in [6, 6.07) is 22.0. The molecule has 0 saturated heterocycles. The first kappa shape index (κ1) is 15.6. The molecular weight excluding hydrogens is 304 g/mol. The van der Waals surface area contributed by atoms with Gasteiger partial charge in [-0.05, 0) is 47.8 Å². The Bertz CT molecular complexity index is 1050. The third-order valence-electron chi connectivity index (χ3n) is 5.19.